The second kappa shape index (κ2) is 8.25. The SMILES string of the molecule is CCC1(Cc2ccc(F)cc2)C(=O)N(C)C(=Cc2c(F)cccc2[N+](=O)[O-])C(=O)N1C. The summed E-state index contributed by atoms with van der Waals surface area (Å²) in [7, 11) is 2.84. The number of nitro groups is 1. The number of benzene rings is 2. The molecule has 0 saturated carbocycles. The number of carbonyl (C=O) groups is 2. The zero-order chi connectivity index (χ0) is 22.9. The first kappa shape index (κ1) is 22.1. The minimum atomic E-state index is -1.23. The van der Waals surface area contributed by atoms with Crippen LogP contribution in [0.3, 0.4) is 0 Å². The number of halogens is 2. The zero-order valence-corrected chi connectivity index (χ0v) is 17.3. The van der Waals surface area contributed by atoms with Gasteiger partial charge in [-0.25, -0.2) is 8.78 Å². The highest BCUT2D eigenvalue weighted by molar-refractivity contribution is 6.09. The molecule has 3 rings (SSSR count). The lowest BCUT2D eigenvalue weighted by molar-refractivity contribution is -0.385. The van der Waals surface area contributed by atoms with Gasteiger partial charge in [0.1, 0.15) is 22.9 Å². The third-order valence-corrected chi connectivity index (χ3v) is 5.73. The van der Waals surface area contributed by atoms with Crippen LogP contribution >= 0.6 is 0 Å². The van der Waals surface area contributed by atoms with E-state index >= 15 is 0 Å². The fourth-order valence-electron chi connectivity index (χ4n) is 3.85. The summed E-state index contributed by atoms with van der Waals surface area (Å²) in [6, 6.07) is 9.02. The van der Waals surface area contributed by atoms with Crippen LogP contribution in [0.5, 0.6) is 0 Å². The Hall–Kier alpha value is -3.62. The van der Waals surface area contributed by atoms with Gasteiger partial charge < -0.3 is 9.80 Å². The Morgan fingerprint density at radius 1 is 1.10 bits per heavy atom. The quantitative estimate of drug-likeness (QED) is 0.414. The van der Waals surface area contributed by atoms with Crippen LogP contribution in [0.1, 0.15) is 24.5 Å². The Labute approximate surface area is 177 Å². The molecule has 7 nitrogen and oxygen atoms in total. The normalized spacial score (nSPS) is 20.5. The molecule has 2 aromatic rings. The molecule has 9 heteroatoms. The van der Waals surface area contributed by atoms with Crippen molar-refractivity contribution in [3.63, 3.8) is 0 Å². The molecule has 0 aliphatic carbocycles. The van der Waals surface area contributed by atoms with E-state index < -0.39 is 39.6 Å². The van der Waals surface area contributed by atoms with E-state index in [0.29, 0.717) is 5.56 Å². The molecule has 1 fully saturated rings. The third-order valence-electron chi connectivity index (χ3n) is 5.73. The van der Waals surface area contributed by atoms with Crippen molar-refractivity contribution < 1.29 is 23.3 Å². The Morgan fingerprint density at radius 2 is 1.74 bits per heavy atom. The molecule has 1 aliphatic rings. The second-order valence-electron chi connectivity index (χ2n) is 7.38. The molecule has 0 N–H and O–H groups in total. The van der Waals surface area contributed by atoms with Crippen LogP contribution in [0.25, 0.3) is 6.08 Å². The summed E-state index contributed by atoms with van der Waals surface area (Å²) in [5, 5.41) is 11.3. The van der Waals surface area contributed by atoms with Crippen molar-refractivity contribution in [2.45, 2.75) is 25.3 Å². The molecule has 0 aromatic heterocycles. The number of piperazine rings is 1. The first-order valence-corrected chi connectivity index (χ1v) is 9.57. The van der Waals surface area contributed by atoms with Crippen molar-refractivity contribution in [2.75, 3.05) is 14.1 Å². The van der Waals surface area contributed by atoms with Gasteiger partial charge in [-0.15, -0.1) is 0 Å². The highest BCUT2D eigenvalue weighted by Crippen LogP contribution is 2.35. The van der Waals surface area contributed by atoms with Gasteiger partial charge in [-0.1, -0.05) is 25.1 Å². The van der Waals surface area contributed by atoms with Crippen molar-refractivity contribution in [2.24, 2.45) is 0 Å². The lowest BCUT2D eigenvalue weighted by Crippen LogP contribution is -2.65. The standard InChI is InChI=1S/C22H21F2N3O4/c1-4-22(13-14-8-10-15(23)11-9-14)21(29)25(2)19(20(28)26(22)3)12-16-17(24)6-5-7-18(16)27(30)31/h5-12H,4,13H2,1-3H3. The number of hydrogen-bond acceptors (Lipinski definition) is 4. The van der Waals surface area contributed by atoms with Crippen LogP contribution in [0.2, 0.25) is 0 Å². The molecular formula is C22H21F2N3O4. The largest absolute Gasteiger partial charge is 0.325 e. The number of hydrogen-bond donors (Lipinski definition) is 0. The molecule has 1 aliphatic heterocycles. The summed E-state index contributed by atoms with van der Waals surface area (Å²) in [4.78, 5) is 39.5. The number of nitro benzene ring substituents is 1. The van der Waals surface area contributed by atoms with Crippen LogP contribution in [-0.2, 0) is 16.0 Å². The number of nitrogens with zero attached hydrogens (tertiary/aromatic N) is 3. The van der Waals surface area contributed by atoms with Crippen LogP contribution in [0.15, 0.2) is 48.2 Å². The molecule has 0 spiro atoms. The molecule has 1 unspecified atom stereocenters. The van der Waals surface area contributed by atoms with Gasteiger partial charge in [0.15, 0.2) is 0 Å². The van der Waals surface area contributed by atoms with Crippen molar-refractivity contribution in [3.05, 3.63) is 81.0 Å². The predicted molar refractivity (Wildman–Crippen MR) is 110 cm³/mol. The van der Waals surface area contributed by atoms with E-state index in [9.17, 15) is 28.5 Å². The molecule has 0 radical (unpaired) electrons. The lowest BCUT2D eigenvalue weighted by atomic mass is 9.82. The predicted octanol–water partition coefficient (Wildman–Crippen LogP) is 3.54. The van der Waals surface area contributed by atoms with Crippen LogP contribution < -0.4 is 0 Å². The minimum absolute atomic E-state index is 0.155. The summed E-state index contributed by atoms with van der Waals surface area (Å²) in [6.07, 6.45) is 1.47. The molecule has 162 valence electrons. The molecule has 2 aromatic carbocycles. The second-order valence-corrected chi connectivity index (χ2v) is 7.38. The van der Waals surface area contributed by atoms with Gasteiger partial charge in [0.05, 0.1) is 10.5 Å². The Bertz CT molecular complexity index is 1080. The van der Waals surface area contributed by atoms with E-state index in [1.807, 2.05) is 0 Å². The summed E-state index contributed by atoms with van der Waals surface area (Å²) < 4.78 is 27.6. The maximum absolute atomic E-state index is 14.3. The van der Waals surface area contributed by atoms with Gasteiger partial charge in [-0.2, -0.15) is 0 Å². The molecule has 1 heterocycles. The lowest BCUT2D eigenvalue weighted by Gasteiger charge is -2.47. The Morgan fingerprint density at radius 3 is 2.32 bits per heavy atom. The van der Waals surface area contributed by atoms with E-state index in [0.717, 1.165) is 23.1 Å². The van der Waals surface area contributed by atoms with Crippen molar-refractivity contribution in [1.29, 1.82) is 0 Å². The molecule has 1 atom stereocenters. The Kier molecular flexibility index (Phi) is 5.88. The van der Waals surface area contributed by atoms with Crippen LogP contribution in [-0.4, -0.2) is 46.2 Å². The first-order chi connectivity index (χ1) is 14.6. The smallest absolute Gasteiger partial charge is 0.279 e. The average molecular weight is 429 g/mol. The molecular weight excluding hydrogens is 408 g/mol. The highest BCUT2D eigenvalue weighted by atomic mass is 19.1. The zero-order valence-electron chi connectivity index (χ0n) is 17.3. The van der Waals surface area contributed by atoms with Crippen molar-refractivity contribution in [3.8, 4) is 0 Å². The number of likely N-dealkylation sites (N-methyl/N-ethyl adjacent to an activating group) is 2. The fraction of sp³-hybridized carbons (Fsp3) is 0.273. The van der Waals surface area contributed by atoms with E-state index in [1.54, 1.807) is 19.1 Å². The van der Waals surface area contributed by atoms with Gasteiger partial charge in [0.25, 0.3) is 17.5 Å². The van der Waals surface area contributed by atoms with Crippen molar-refractivity contribution in [1.82, 2.24) is 9.80 Å². The summed E-state index contributed by atoms with van der Waals surface area (Å²) >= 11 is 0. The number of carbonyl (C=O) groups excluding carboxylic acids is 2. The summed E-state index contributed by atoms with van der Waals surface area (Å²) in [5.74, 6) is -2.30. The summed E-state index contributed by atoms with van der Waals surface area (Å²) in [6.45, 7) is 1.76. The van der Waals surface area contributed by atoms with E-state index in [1.165, 1.54) is 37.2 Å². The van der Waals surface area contributed by atoms with Crippen LogP contribution in [0.4, 0.5) is 14.5 Å². The molecule has 31 heavy (non-hydrogen) atoms. The monoisotopic (exact) mass is 429 g/mol. The maximum atomic E-state index is 14.3. The average Bonchev–Trinajstić information content (AvgIpc) is 2.75. The molecule has 2 amide bonds. The van der Waals surface area contributed by atoms with Gasteiger partial charge in [0.2, 0.25) is 0 Å². The third kappa shape index (κ3) is 3.78. The Balaban J connectivity index is 2.07. The number of amides is 2. The van der Waals surface area contributed by atoms with E-state index in [4.69, 9.17) is 0 Å². The number of rotatable bonds is 5. The summed E-state index contributed by atoms with van der Waals surface area (Å²) in [5.41, 5.74) is -1.64. The van der Waals surface area contributed by atoms with Gasteiger partial charge >= 0.3 is 0 Å². The van der Waals surface area contributed by atoms with Crippen molar-refractivity contribution >= 4 is 23.6 Å². The fourth-order valence-corrected chi connectivity index (χ4v) is 3.85. The molecule has 0 bridgehead atoms. The minimum Gasteiger partial charge on any atom is -0.325 e. The topological polar surface area (TPSA) is 83.8 Å². The maximum Gasteiger partial charge on any atom is 0.279 e. The van der Waals surface area contributed by atoms with E-state index in [2.05, 4.69) is 0 Å². The van der Waals surface area contributed by atoms with Gasteiger partial charge in [-0.3, -0.25) is 19.7 Å². The van der Waals surface area contributed by atoms with Gasteiger partial charge in [-0.05, 0) is 36.3 Å². The molecule has 1 saturated heterocycles. The highest BCUT2D eigenvalue weighted by Gasteiger charge is 2.51. The van der Waals surface area contributed by atoms with Gasteiger partial charge in [0, 0.05) is 26.6 Å². The van der Waals surface area contributed by atoms with Crippen LogP contribution in [0, 0.1) is 21.7 Å². The first-order valence-electron chi connectivity index (χ1n) is 9.57. The van der Waals surface area contributed by atoms with E-state index in [-0.39, 0.29) is 24.1 Å².